The summed E-state index contributed by atoms with van der Waals surface area (Å²) in [5, 5.41) is 0. The maximum Gasteiger partial charge on any atom is 0.416 e. The van der Waals surface area contributed by atoms with Crippen molar-refractivity contribution in [3.05, 3.63) is 95.3 Å². The van der Waals surface area contributed by atoms with E-state index >= 15 is 0 Å². The first-order valence-electron chi connectivity index (χ1n) is 11.3. The summed E-state index contributed by atoms with van der Waals surface area (Å²) in [6, 6.07) is 11.8. The van der Waals surface area contributed by atoms with Crippen molar-refractivity contribution in [3.8, 4) is 16.9 Å². The smallest absolute Gasteiger partial charge is 0.416 e. The number of para-hydroxylation sites is 1. The Hall–Kier alpha value is -3.37. The molecule has 0 aliphatic carbocycles. The standard InChI is InChI=1S/C27H22F7NO2/c1-17(20-13-21(26(29,30)31)15-22(14-20)27(32,33)34)37-25-19(16-35-9-11-36-12-10-35)3-2-4-24(25)18-5-7-23(28)8-6-18/h2-8,13-15H,1,9-12,16H2. The molecular formula is C27H22F7NO2. The number of rotatable bonds is 6. The highest BCUT2D eigenvalue weighted by atomic mass is 19.4. The van der Waals surface area contributed by atoms with Crippen LogP contribution in [0.1, 0.15) is 22.3 Å². The molecule has 1 aliphatic heterocycles. The van der Waals surface area contributed by atoms with Crippen molar-refractivity contribution in [2.45, 2.75) is 18.9 Å². The van der Waals surface area contributed by atoms with E-state index in [-0.39, 0.29) is 11.8 Å². The van der Waals surface area contributed by atoms with E-state index < -0.39 is 40.6 Å². The number of hydrogen-bond donors (Lipinski definition) is 0. The molecule has 37 heavy (non-hydrogen) atoms. The largest absolute Gasteiger partial charge is 0.456 e. The monoisotopic (exact) mass is 525 g/mol. The predicted octanol–water partition coefficient (Wildman–Crippen LogP) is 7.41. The number of halogens is 7. The van der Waals surface area contributed by atoms with Crippen molar-refractivity contribution in [1.29, 1.82) is 0 Å². The molecule has 1 fully saturated rings. The van der Waals surface area contributed by atoms with Crippen LogP contribution >= 0.6 is 0 Å². The van der Waals surface area contributed by atoms with Crippen LogP contribution in [0.3, 0.4) is 0 Å². The van der Waals surface area contributed by atoms with E-state index in [9.17, 15) is 30.7 Å². The Morgan fingerprint density at radius 3 is 2.03 bits per heavy atom. The molecule has 1 saturated heterocycles. The lowest BCUT2D eigenvalue weighted by Crippen LogP contribution is -2.35. The maximum absolute atomic E-state index is 13.5. The first kappa shape index (κ1) is 26.7. The molecule has 3 nitrogen and oxygen atoms in total. The average Bonchev–Trinajstić information content (AvgIpc) is 2.85. The van der Waals surface area contributed by atoms with Gasteiger partial charge in [-0.25, -0.2) is 4.39 Å². The summed E-state index contributed by atoms with van der Waals surface area (Å²) in [6.45, 7) is 6.33. The average molecular weight is 525 g/mol. The highest BCUT2D eigenvalue weighted by Gasteiger charge is 2.37. The fourth-order valence-corrected chi connectivity index (χ4v) is 3.98. The fraction of sp³-hybridized carbons (Fsp3) is 0.259. The van der Waals surface area contributed by atoms with Gasteiger partial charge >= 0.3 is 12.4 Å². The van der Waals surface area contributed by atoms with Crippen LogP contribution in [-0.4, -0.2) is 31.2 Å². The molecular weight excluding hydrogens is 503 g/mol. The first-order valence-corrected chi connectivity index (χ1v) is 11.3. The quantitative estimate of drug-likeness (QED) is 0.247. The first-order chi connectivity index (χ1) is 17.4. The zero-order chi connectivity index (χ0) is 26.8. The molecule has 0 radical (unpaired) electrons. The summed E-state index contributed by atoms with van der Waals surface area (Å²) >= 11 is 0. The third-order valence-electron chi connectivity index (χ3n) is 5.88. The molecule has 1 heterocycles. The van der Waals surface area contributed by atoms with E-state index in [1.165, 1.54) is 24.3 Å². The van der Waals surface area contributed by atoms with Crippen molar-refractivity contribution >= 4 is 5.76 Å². The van der Waals surface area contributed by atoms with Crippen molar-refractivity contribution in [3.63, 3.8) is 0 Å². The normalized spacial score (nSPS) is 15.0. The second-order valence-electron chi connectivity index (χ2n) is 8.51. The lowest BCUT2D eigenvalue weighted by Gasteiger charge is -2.28. The van der Waals surface area contributed by atoms with Gasteiger partial charge in [-0.05, 0) is 35.9 Å². The van der Waals surface area contributed by atoms with E-state index in [1.54, 1.807) is 18.2 Å². The third kappa shape index (κ3) is 6.50. The molecule has 0 spiro atoms. The third-order valence-corrected chi connectivity index (χ3v) is 5.88. The Morgan fingerprint density at radius 1 is 0.865 bits per heavy atom. The molecule has 0 unspecified atom stereocenters. The molecule has 3 aromatic carbocycles. The van der Waals surface area contributed by atoms with Gasteiger partial charge < -0.3 is 9.47 Å². The van der Waals surface area contributed by atoms with Crippen LogP contribution in [0.4, 0.5) is 30.7 Å². The Balaban J connectivity index is 1.77. The van der Waals surface area contributed by atoms with Crippen molar-refractivity contribution in [2.75, 3.05) is 26.3 Å². The second-order valence-corrected chi connectivity index (χ2v) is 8.51. The number of hydrogen-bond acceptors (Lipinski definition) is 3. The van der Waals surface area contributed by atoms with Crippen LogP contribution in [-0.2, 0) is 23.6 Å². The summed E-state index contributed by atoms with van der Waals surface area (Å²) in [5.41, 5.74) is -1.74. The van der Waals surface area contributed by atoms with Crippen LogP contribution in [0.25, 0.3) is 16.9 Å². The molecule has 1 aliphatic rings. The van der Waals surface area contributed by atoms with E-state index in [4.69, 9.17) is 9.47 Å². The number of nitrogens with zero attached hydrogens (tertiary/aromatic N) is 1. The van der Waals surface area contributed by atoms with Gasteiger partial charge in [-0.2, -0.15) is 26.3 Å². The van der Waals surface area contributed by atoms with Crippen molar-refractivity contribution in [2.24, 2.45) is 0 Å². The van der Waals surface area contributed by atoms with E-state index in [1.807, 2.05) is 0 Å². The van der Waals surface area contributed by atoms with Crippen LogP contribution in [0.5, 0.6) is 5.75 Å². The molecule has 196 valence electrons. The fourth-order valence-electron chi connectivity index (χ4n) is 3.98. The Kier molecular flexibility index (Phi) is 7.61. The highest BCUT2D eigenvalue weighted by Crippen LogP contribution is 2.40. The number of morpholine rings is 1. The van der Waals surface area contributed by atoms with Gasteiger partial charge in [0.2, 0.25) is 0 Å². The molecule has 0 N–H and O–H groups in total. The maximum atomic E-state index is 13.5. The van der Waals surface area contributed by atoms with Gasteiger partial charge in [0, 0.05) is 36.3 Å². The number of benzene rings is 3. The number of alkyl halides is 6. The van der Waals surface area contributed by atoms with Gasteiger partial charge in [-0.1, -0.05) is 36.9 Å². The minimum absolute atomic E-state index is 0.0487. The lowest BCUT2D eigenvalue weighted by molar-refractivity contribution is -0.143. The lowest BCUT2D eigenvalue weighted by atomic mass is 10.00. The second kappa shape index (κ2) is 10.5. The van der Waals surface area contributed by atoms with Crippen LogP contribution < -0.4 is 4.74 Å². The molecule has 0 atom stereocenters. The van der Waals surface area contributed by atoms with E-state index in [0.717, 1.165) is 0 Å². The highest BCUT2D eigenvalue weighted by molar-refractivity contribution is 5.75. The van der Waals surface area contributed by atoms with Crippen molar-refractivity contribution < 1.29 is 40.2 Å². The Bertz CT molecular complexity index is 1230. The van der Waals surface area contributed by atoms with Gasteiger partial charge in [0.25, 0.3) is 0 Å². The summed E-state index contributed by atoms with van der Waals surface area (Å²) in [4.78, 5) is 2.08. The number of ether oxygens (including phenoxy) is 2. The summed E-state index contributed by atoms with van der Waals surface area (Å²) in [6.07, 6.45) is -10.0. The molecule has 0 amide bonds. The summed E-state index contributed by atoms with van der Waals surface area (Å²) < 4.78 is 105. The van der Waals surface area contributed by atoms with Crippen LogP contribution in [0.2, 0.25) is 0 Å². The van der Waals surface area contributed by atoms with Gasteiger partial charge in [-0.15, -0.1) is 0 Å². The minimum Gasteiger partial charge on any atom is -0.456 e. The van der Waals surface area contributed by atoms with Crippen LogP contribution in [0.15, 0.2) is 67.2 Å². The summed E-state index contributed by atoms with van der Waals surface area (Å²) in [5.74, 6) is -0.658. The van der Waals surface area contributed by atoms with Gasteiger partial charge in [0.05, 0.1) is 24.3 Å². The minimum atomic E-state index is -5.01. The molecule has 0 aromatic heterocycles. The van der Waals surface area contributed by atoms with Gasteiger partial charge in [0.1, 0.15) is 17.3 Å². The molecule has 0 saturated carbocycles. The Morgan fingerprint density at radius 2 is 1.46 bits per heavy atom. The van der Waals surface area contributed by atoms with E-state index in [2.05, 4.69) is 11.5 Å². The topological polar surface area (TPSA) is 21.7 Å². The SMILES string of the molecule is C=C(Oc1c(CN2CCOCC2)cccc1-c1ccc(F)cc1)c1cc(C(F)(F)F)cc(C(F)(F)F)c1. The Labute approximate surface area is 208 Å². The van der Waals surface area contributed by atoms with Gasteiger partial charge in [0.15, 0.2) is 0 Å². The molecule has 4 rings (SSSR count). The van der Waals surface area contributed by atoms with Gasteiger partial charge in [-0.3, -0.25) is 4.90 Å². The van der Waals surface area contributed by atoms with E-state index in [0.29, 0.717) is 61.7 Å². The zero-order valence-electron chi connectivity index (χ0n) is 19.4. The molecule has 10 heteroatoms. The van der Waals surface area contributed by atoms with Crippen molar-refractivity contribution in [1.82, 2.24) is 4.90 Å². The predicted molar refractivity (Wildman–Crippen MR) is 124 cm³/mol. The molecule has 3 aromatic rings. The zero-order valence-corrected chi connectivity index (χ0v) is 19.4. The summed E-state index contributed by atoms with van der Waals surface area (Å²) in [7, 11) is 0. The van der Waals surface area contributed by atoms with Crippen LogP contribution in [0, 0.1) is 5.82 Å². The molecule has 0 bridgehead atoms.